The van der Waals surface area contributed by atoms with Gasteiger partial charge in [0.1, 0.15) is 17.2 Å². The van der Waals surface area contributed by atoms with E-state index in [2.05, 4.69) is 20.0 Å². The number of alkyl halides is 6. The predicted octanol–water partition coefficient (Wildman–Crippen LogP) is 6.30. The van der Waals surface area contributed by atoms with Crippen molar-refractivity contribution in [1.82, 2.24) is 23.6 Å². The molecule has 1 aliphatic heterocycles. The molecule has 1 aliphatic rings. The zero-order valence-corrected chi connectivity index (χ0v) is 31.0. The molecule has 0 spiro atoms. The summed E-state index contributed by atoms with van der Waals surface area (Å²) < 4.78 is 92.9. The molecule has 0 radical (unpaired) electrons. The highest BCUT2D eigenvalue weighted by Crippen LogP contribution is 2.20. The normalized spacial score (nSPS) is 14.6. The Bertz CT molecular complexity index is 1910. The van der Waals surface area contributed by atoms with Crippen LogP contribution in [0.25, 0.3) is 0 Å². The second-order valence-corrected chi connectivity index (χ2v) is 13.8. The molecule has 19 heteroatoms. The number of aromatic amines is 1. The van der Waals surface area contributed by atoms with E-state index in [1.807, 2.05) is 0 Å². The molecule has 13 nitrogen and oxygen atoms in total. The topological polar surface area (TPSA) is 141 Å². The number of aromatic nitrogens is 4. The number of amidine groups is 1. The van der Waals surface area contributed by atoms with E-state index in [1.54, 1.807) is 57.4 Å². The average molecular weight is 785 g/mol. The van der Waals surface area contributed by atoms with Gasteiger partial charge in [0, 0.05) is 63.1 Å². The zero-order valence-electron chi connectivity index (χ0n) is 31.0. The number of rotatable bonds is 15. The minimum absolute atomic E-state index is 0.122. The quantitative estimate of drug-likeness (QED) is 0.143. The summed E-state index contributed by atoms with van der Waals surface area (Å²) in [7, 11) is 0. The van der Waals surface area contributed by atoms with E-state index in [9.17, 15) is 40.7 Å². The Balaban J connectivity index is 1.25. The van der Waals surface area contributed by atoms with E-state index in [4.69, 9.17) is 9.47 Å². The van der Waals surface area contributed by atoms with Crippen LogP contribution in [0.5, 0.6) is 5.75 Å². The van der Waals surface area contributed by atoms with Gasteiger partial charge in [-0.15, -0.1) is 0 Å². The molecule has 0 aliphatic carbocycles. The lowest BCUT2D eigenvalue weighted by Crippen LogP contribution is -2.44. The monoisotopic (exact) mass is 784 g/mol. The van der Waals surface area contributed by atoms with Crippen LogP contribution in [-0.2, 0) is 34.0 Å². The van der Waals surface area contributed by atoms with Gasteiger partial charge in [-0.3, -0.25) is 19.5 Å². The molecular weight excluding hydrogens is 738 g/mol. The first-order valence-electron chi connectivity index (χ1n) is 18.0. The fourth-order valence-corrected chi connectivity index (χ4v) is 5.63. The molecule has 3 aromatic rings. The SMILES string of the molecule is CC(C)(C)OC(=O)N1CCCN=C1c1ccc(OCCCn2ccn(CCCCCCCCn3cc[nH]/c3=N\C(=O)C(F)(F)F)/c2=N\C(=O)C(F)(F)F)cc1. The van der Waals surface area contributed by atoms with Gasteiger partial charge in [-0.1, -0.05) is 25.7 Å². The number of carbonyl (C=O) groups excluding carboxylic acids is 3. The van der Waals surface area contributed by atoms with Crippen LogP contribution >= 0.6 is 0 Å². The lowest BCUT2D eigenvalue weighted by molar-refractivity contribution is -0.170. The van der Waals surface area contributed by atoms with Crippen molar-refractivity contribution in [3.63, 3.8) is 0 Å². The van der Waals surface area contributed by atoms with Crippen molar-refractivity contribution in [1.29, 1.82) is 0 Å². The first-order chi connectivity index (χ1) is 25.9. The molecule has 0 atom stereocenters. The minimum Gasteiger partial charge on any atom is -0.494 e. The van der Waals surface area contributed by atoms with Gasteiger partial charge in [0.25, 0.3) is 0 Å². The molecule has 55 heavy (non-hydrogen) atoms. The fraction of sp³-hybridized carbons (Fsp3) is 0.556. The molecule has 0 bridgehead atoms. The number of imidazole rings is 2. The number of hydrogen-bond acceptors (Lipinski definition) is 6. The first-order valence-corrected chi connectivity index (χ1v) is 18.0. The van der Waals surface area contributed by atoms with Crippen molar-refractivity contribution in [2.45, 2.75) is 110 Å². The largest absolute Gasteiger partial charge is 0.494 e. The summed E-state index contributed by atoms with van der Waals surface area (Å²) in [6.45, 7) is 7.59. The number of benzene rings is 1. The molecule has 2 aromatic heterocycles. The molecule has 0 saturated carbocycles. The lowest BCUT2D eigenvalue weighted by Gasteiger charge is -2.30. The second-order valence-electron chi connectivity index (χ2n) is 13.8. The lowest BCUT2D eigenvalue weighted by atomic mass is 10.1. The molecule has 0 unspecified atom stereocenters. The Morgan fingerprint density at radius 2 is 1.33 bits per heavy atom. The Morgan fingerprint density at radius 3 is 1.93 bits per heavy atom. The van der Waals surface area contributed by atoms with E-state index >= 15 is 0 Å². The number of ether oxygens (including phenoxy) is 2. The Labute approximate surface area is 313 Å². The minimum atomic E-state index is -5.13. The second kappa shape index (κ2) is 19.0. The highest BCUT2D eigenvalue weighted by Gasteiger charge is 2.39. The van der Waals surface area contributed by atoms with Gasteiger partial charge < -0.3 is 28.2 Å². The third kappa shape index (κ3) is 13.3. The summed E-state index contributed by atoms with van der Waals surface area (Å²) in [5.74, 6) is -3.33. The van der Waals surface area contributed by atoms with Crippen molar-refractivity contribution >= 4 is 23.7 Å². The maximum atomic E-state index is 13.2. The van der Waals surface area contributed by atoms with Gasteiger partial charge in [-0.2, -0.15) is 36.3 Å². The van der Waals surface area contributed by atoms with Crippen LogP contribution in [0.4, 0.5) is 31.1 Å². The number of unbranched alkanes of at least 4 members (excludes halogenated alkanes) is 5. The Kier molecular flexibility index (Phi) is 14.7. The predicted molar refractivity (Wildman–Crippen MR) is 188 cm³/mol. The van der Waals surface area contributed by atoms with Crippen molar-refractivity contribution < 1.29 is 50.2 Å². The van der Waals surface area contributed by atoms with Crippen molar-refractivity contribution in [2.75, 3.05) is 19.7 Å². The number of carbonyl (C=O) groups is 3. The Morgan fingerprint density at radius 1 is 0.764 bits per heavy atom. The molecule has 0 fully saturated rings. The number of amides is 3. The van der Waals surface area contributed by atoms with Gasteiger partial charge in [0.2, 0.25) is 11.2 Å². The maximum Gasteiger partial charge on any atom is 0.473 e. The molecule has 1 N–H and O–H groups in total. The van der Waals surface area contributed by atoms with Crippen LogP contribution in [-0.4, -0.2) is 85.0 Å². The van der Waals surface area contributed by atoms with Crippen molar-refractivity contribution in [2.24, 2.45) is 15.0 Å². The number of H-pyrrole nitrogens is 1. The molecule has 4 rings (SSSR count). The van der Waals surface area contributed by atoms with E-state index < -0.39 is 35.9 Å². The van der Waals surface area contributed by atoms with Gasteiger partial charge in [-0.05, 0) is 70.7 Å². The summed E-state index contributed by atoms with van der Waals surface area (Å²) in [5, 5.41) is 0. The molecule has 3 amide bonds. The van der Waals surface area contributed by atoms with E-state index in [1.165, 1.54) is 31.0 Å². The summed E-state index contributed by atoms with van der Waals surface area (Å²) in [6.07, 6.45) is 0.825. The molecule has 3 heterocycles. The van der Waals surface area contributed by atoms with Gasteiger partial charge in [-0.25, -0.2) is 4.79 Å². The highest BCUT2D eigenvalue weighted by atomic mass is 19.4. The number of nitrogens with zero attached hydrogens (tertiary/aromatic N) is 7. The van der Waals surface area contributed by atoms with Crippen LogP contribution in [0.3, 0.4) is 0 Å². The average Bonchev–Trinajstić information content (AvgIpc) is 3.72. The third-order valence-corrected chi connectivity index (χ3v) is 8.22. The van der Waals surface area contributed by atoms with Crippen LogP contribution in [0.15, 0.2) is 64.0 Å². The Hall–Kier alpha value is -5.10. The van der Waals surface area contributed by atoms with Crippen LogP contribution in [0.1, 0.15) is 77.7 Å². The number of aliphatic imine (C=N–C) groups is 1. The van der Waals surface area contributed by atoms with Crippen molar-refractivity contribution in [3.8, 4) is 5.75 Å². The summed E-state index contributed by atoms with van der Waals surface area (Å²) in [4.78, 5) is 50.8. The van der Waals surface area contributed by atoms with Crippen LogP contribution in [0.2, 0.25) is 0 Å². The van der Waals surface area contributed by atoms with Crippen LogP contribution in [0, 0.1) is 0 Å². The summed E-state index contributed by atoms with van der Waals surface area (Å²) >= 11 is 0. The van der Waals surface area contributed by atoms with Crippen molar-refractivity contribution in [3.05, 3.63) is 65.9 Å². The van der Waals surface area contributed by atoms with Gasteiger partial charge in [0.05, 0.1) is 6.61 Å². The third-order valence-electron chi connectivity index (χ3n) is 8.22. The number of aryl methyl sites for hydroxylation is 3. The van der Waals surface area contributed by atoms with Crippen LogP contribution < -0.4 is 16.0 Å². The number of hydrogen-bond donors (Lipinski definition) is 1. The summed E-state index contributed by atoms with van der Waals surface area (Å²) in [5.41, 5.74) is -0.240. The molecule has 1 aromatic carbocycles. The first kappa shape index (κ1) is 42.6. The van der Waals surface area contributed by atoms with E-state index in [-0.39, 0.29) is 24.4 Å². The van der Waals surface area contributed by atoms with Gasteiger partial charge >= 0.3 is 30.3 Å². The zero-order chi connectivity index (χ0) is 40.2. The van der Waals surface area contributed by atoms with Gasteiger partial charge in [0.15, 0.2) is 0 Å². The number of halogens is 6. The molecular formula is C36H46F6N8O5. The standard InChI is InChI=1S/C36H46F6N8O5/c1-34(2,3)55-33(53)50-21-10-16-43-28(50)26-12-14-27(15-13-26)54-25-11-20-49-24-23-48(32(49)46-30(52)36(40,41)42)19-9-7-5-4-6-8-18-47-22-17-44-31(47)45-29(51)35(37,38)39/h12-15,17,22-24H,4-11,16,18-21,25H2,1-3H3,(H,44,45,51)/b46-32+. The maximum absolute atomic E-state index is 13.2. The highest BCUT2D eigenvalue weighted by molar-refractivity contribution is 6.06. The fourth-order valence-electron chi connectivity index (χ4n) is 5.63. The van der Waals surface area contributed by atoms with E-state index in [0.717, 1.165) is 37.7 Å². The molecule has 302 valence electrons. The molecule has 0 saturated heterocycles. The summed E-state index contributed by atoms with van der Waals surface area (Å²) in [6, 6.07) is 7.06. The smallest absolute Gasteiger partial charge is 0.473 e. The van der Waals surface area contributed by atoms with E-state index in [0.29, 0.717) is 57.0 Å². The number of nitrogens with one attached hydrogen (secondary N) is 1.